The lowest BCUT2D eigenvalue weighted by molar-refractivity contribution is -0.128. The van der Waals surface area contributed by atoms with Crippen molar-refractivity contribution < 1.29 is 4.79 Å². The van der Waals surface area contributed by atoms with Crippen LogP contribution in [-0.2, 0) is 17.6 Å². The molecule has 5 heteroatoms. The van der Waals surface area contributed by atoms with Gasteiger partial charge in [0.1, 0.15) is 11.9 Å². The molecule has 1 aliphatic heterocycles. The van der Waals surface area contributed by atoms with Crippen molar-refractivity contribution in [1.29, 1.82) is 5.26 Å². The fourth-order valence-electron chi connectivity index (χ4n) is 3.78. The molecule has 1 saturated heterocycles. The molecule has 1 atom stereocenters. The van der Waals surface area contributed by atoms with Crippen LogP contribution in [0.15, 0.2) is 6.07 Å². The van der Waals surface area contributed by atoms with E-state index >= 15 is 0 Å². The molecular formula is C18H22N4O. The van der Waals surface area contributed by atoms with E-state index in [1.54, 1.807) is 0 Å². The van der Waals surface area contributed by atoms with Crippen molar-refractivity contribution in [3.8, 4) is 6.07 Å². The molecule has 0 unspecified atom stereocenters. The highest BCUT2D eigenvalue weighted by Gasteiger charge is 2.39. The average Bonchev–Trinajstić information content (AvgIpc) is 3.35. The fraction of sp³-hybridized carbons (Fsp3) is 0.611. The van der Waals surface area contributed by atoms with Crippen LogP contribution in [0.5, 0.6) is 0 Å². The summed E-state index contributed by atoms with van der Waals surface area (Å²) < 4.78 is 0. The molecular weight excluding hydrogens is 288 g/mol. The van der Waals surface area contributed by atoms with Gasteiger partial charge in [0.2, 0.25) is 5.91 Å². The Hall–Kier alpha value is -2.09. The number of carbonyl (C=O) groups is 1. The number of likely N-dealkylation sites (tertiary alicyclic amines) is 1. The second-order valence-electron chi connectivity index (χ2n) is 7.04. The number of amides is 1. The fourth-order valence-corrected chi connectivity index (χ4v) is 3.78. The molecule has 0 bridgehead atoms. The smallest absolute Gasteiger partial charge is 0.223 e. The van der Waals surface area contributed by atoms with E-state index in [0.717, 1.165) is 44.5 Å². The zero-order valence-electron chi connectivity index (χ0n) is 13.3. The minimum absolute atomic E-state index is 0.290. The third-order valence-electron chi connectivity index (χ3n) is 5.21. The molecule has 0 radical (unpaired) electrons. The van der Waals surface area contributed by atoms with Gasteiger partial charge in [0, 0.05) is 37.2 Å². The molecule has 5 nitrogen and oxygen atoms in total. The monoisotopic (exact) mass is 310 g/mol. The maximum Gasteiger partial charge on any atom is 0.223 e. The summed E-state index contributed by atoms with van der Waals surface area (Å²) in [7, 11) is 0. The average molecular weight is 310 g/mol. The molecule has 1 N–H and O–H groups in total. The maximum absolute atomic E-state index is 12.0. The van der Waals surface area contributed by atoms with Crippen molar-refractivity contribution in [2.45, 2.75) is 51.0 Å². The third-order valence-corrected chi connectivity index (χ3v) is 5.21. The van der Waals surface area contributed by atoms with Crippen LogP contribution in [0.25, 0.3) is 0 Å². The van der Waals surface area contributed by atoms with Crippen LogP contribution in [0.3, 0.4) is 0 Å². The predicted octanol–water partition coefficient (Wildman–Crippen LogP) is 2.25. The van der Waals surface area contributed by atoms with Crippen molar-refractivity contribution >= 4 is 11.7 Å². The van der Waals surface area contributed by atoms with E-state index in [9.17, 15) is 10.1 Å². The van der Waals surface area contributed by atoms with Crippen LogP contribution in [0.1, 0.15) is 48.9 Å². The van der Waals surface area contributed by atoms with Crippen LogP contribution in [-0.4, -0.2) is 34.9 Å². The standard InChI is InChI=1S/C18H22N4O/c19-9-14-8-13-3-1-2-4-16(13)21-18(14)20-10-12-7-17(23)22(11-12)15-5-6-15/h8,12,15H,1-7,10-11H2,(H,20,21)/t12-/m0/s1. The Labute approximate surface area is 136 Å². The Bertz CT molecular complexity index is 674. The van der Waals surface area contributed by atoms with Gasteiger partial charge in [0.05, 0.1) is 5.56 Å². The molecule has 2 fully saturated rings. The van der Waals surface area contributed by atoms with Gasteiger partial charge in [-0.1, -0.05) is 0 Å². The van der Waals surface area contributed by atoms with E-state index in [1.807, 2.05) is 11.0 Å². The third kappa shape index (κ3) is 2.90. The molecule has 4 rings (SSSR count). The van der Waals surface area contributed by atoms with E-state index in [0.29, 0.717) is 35.7 Å². The SMILES string of the molecule is N#Cc1cc2c(nc1NC[C@@H]1CC(=O)N(C3CC3)C1)CCCC2. The molecule has 1 amide bonds. The normalized spacial score (nSPS) is 23.5. The highest BCUT2D eigenvalue weighted by atomic mass is 16.2. The predicted molar refractivity (Wildman–Crippen MR) is 86.9 cm³/mol. The van der Waals surface area contributed by atoms with Gasteiger partial charge < -0.3 is 10.2 Å². The van der Waals surface area contributed by atoms with Gasteiger partial charge in [-0.3, -0.25) is 4.79 Å². The topological polar surface area (TPSA) is 69.0 Å². The van der Waals surface area contributed by atoms with Gasteiger partial charge in [-0.25, -0.2) is 4.98 Å². The van der Waals surface area contributed by atoms with Crippen molar-refractivity contribution in [2.75, 3.05) is 18.4 Å². The van der Waals surface area contributed by atoms with E-state index < -0.39 is 0 Å². The maximum atomic E-state index is 12.0. The lowest BCUT2D eigenvalue weighted by atomic mass is 9.95. The van der Waals surface area contributed by atoms with Crippen molar-refractivity contribution in [2.24, 2.45) is 5.92 Å². The number of rotatable bonds is 4. The van der Waals surface area contributed by atoms with Crippen molar-refractivity contribution in [1.82, 2.24) is 9.88 Å². The molecule has 2 heterocycles. The van der Waals surface area contributed by atoms with Crippen LogP contribution in [0, 0.1) is 17.2 Å². The molecule has 1 aromatic rings. The van der Waals surface area contributed by atoms with Gasteiger partial charge in [-0.05, 0) is 50.2 Å². The Morgan fingerprint density at radius 3 is 2.96 bits per heavy atom. The Morgan fingerprint density at radius 2 is 2.17 bits per heavy atom. The van der Waals surface area contributed by atoms with Gasteiger partial charge >= 0.3 is 0 Å². The molecule has 1 saturated carbocycles. The van der Waals surface area contributed by atoms with Gasteiger partial charge in [0.15, 0.2) is 0 Å². The number of hydrogen-bond acceptors (Lipinski definition) is 4. The largest absolute Gasteiger partial charge is 0.369 e. The molecule has 3 aliphatic rings. The number of nitriles is 1. The Kier molecular flexibility index (Phi) is 3.68. The second-order valence-corrected chi connectivity index (χ2v) is 7.04. The number of pyridine rings is 1. The molecule has 23 heavy (non-hydrogen) atoms. The first-order valence-corrected chi connectivity index (χ1v) is 8.71. The summed E-state index contributed by atoms with van der Waals surface area (Å²) >= 11 is 0. The zero-order chi connectivity index (χ0) is 15.8. The van der Waals surface area contributed by atoms with Crippen molar-refractivity contribution in [3.63, 3.8) is 0 Å². The minimum Gasteiger partial charge on any atom is -0.369 e. The number of carbonyl (C=O) groups excluding carboxylic acids is 1. The van der Waals surface area contributed by atoms with Crippen LogP contribution < -0.4 is 5.32 Å². The molecule has 0 spiro atoms. The summed E-state index contributed by atoms with van der Waals surface area (Å²) in [5.74, 6) is 1.32. The van der Waals surface area contributed by atoms with E-state index in [1.165, 1.54) is 18.4 Å². The first-order chi connectivity index (χ1) is 11.2. The lowest BCUT2D eigenvalue weighted by Crippen LogP contribution is -2.28. The minimum atomic E-state index is 0.290. The number of hydrogen-bond donors (Lipinski definition) is 1. The van der Waals surface area contributed by atoms with E-state index in [-0.39, 0.29) is 0 Å². The summed E-state index contributed by atoms with van der Waals surface area (Å²) in [6.07, 6.45) is 7.36. The summed E-state index contributed by atoms with van der Waals surface area (Å²) in [4.78, 5) is 18.8. The van der Waals surface area contributed by atoms with Crippen LogP contribution in [0.2, 0.25) is 0 Å². The van der Waals surface area contributed by atoms with Crippen LogP contribution in [0.4, 0.5) is 5.82 Å². The Balaban J connectivity index is 1.44. The summed E-state index contributed by atoms with van der Waals surface area (Å²) in [6, 6.07) is 4.77. The van der Waals surface area contributed by atoms with Gasteiger partial charge in [-0.15, -0.1) is 0 Å². The molecule has 2 aliphatic carbocycles. The Morgan fingerprint density at radius 1 is 1.35 bits per heavy atom. The number of aromatic nitrogens is 1. The van der Waals surface area contributed by atoms with Crippen LogP contribution >= 0.6 is 0 Å². The van der Waals surface area contributed by atoms with E-state index in [4.69, 9.17) is 4.98 Å². The van der Waals surface area contributed by atoms with Gasteiger partial charge in [-0.2, -0.15) is 5.26 Å². The van der Waals surface area contributed by atoms with Crippen molar-refractivity contribution in [3.05, 3.63) is 22.9 Å². The summed E-state index contributed by atoms with van der Waals surface area (Å²) in [5, 5.41) is 12.7. The first-order valence-electron chi connectivity index (χ1n) is 8.71. The second kappa shape index (κ2) is 5.84. The van der Waals surface area contributed by atoms with E-state index in [2.05, 4.69) is 11.4 Å². The number of nitrogens with one attached hydrogen (secondary N) is 1. The number of anilines is 1. The summed E-state index contributed by atoms with van der Waals surface area (Å²) in [5.41, 5.74) is 3.00. The first kappa shape index (κ1) is 14.5. The number of aryl methyl sites for hydroxylation is 2. The zero-order valence-corrected chi connectivity index (χ0v) is 13.3. The highest BCUT2D eigenvalue weighted by Crippen LogP contribution is 2.33. The lowest BCUT2D eigenvalue weighted by Gasteiger charge is -2.19. The molecule has 120 valence electrons. The van der Waals surface area contributed by atoms with Gasteiger partial charge in [0.25, 0.3) is 0 Å². The number of nitrogens with zero attached hydrogens (tertiary/aromatic N) is 3. The quantitative estimate of drug-likeness (QED) is 0.926. The highest BCUT2D eigenvalue weighted by molar-refractivity contribution is 5.79. The summed E-state index contributed by atoms with van der Waals surface area (Å²) in [6.45, 7) is 1.57. The number of fused-ring (bicyclic) bond motifs is 1. The molecule has 0 aromatic carbocycles. The molecule has 1 aromatic heterocycles.